The fraction of sp³-hybridized carbons (Fsp3) is 0.385. The minimum absolute atomic E-state index is 0.0947. The zero-order valence-corrected chi connectivity index (χ0v) is 12.4. The molecule has 1 fully saturated rings. The molecule has 1 aliphatic heterocycles. The van der Waals surface area contributed by atoms with Crippen LogP contribution in [0.1, 0.15) is 12.0 Å². The molecule has 2 amide bonds. The molecular weight excluding hydrogens is 294 g/mol. The molecule has 1 heterocycles. The number of carbonyl (C=O) groups excluding carboxylic acids is 2. The zero-order valence-electron chi connectivity index (χ0n) is 11.6. The zero-order chi connectivity index (χ0) is 15.6. The van der Waals surface area contributed by atoms with E-state index in [0.717, 1.165) is 9.87 Å². The Balaban J connectivity index is 2.38. The Morgan fingerprint density at radius 3 is 2.57 bits per heavy atom. The van der Waals surface area contributed by atoms with Crippen LogP contribution in [-0.4, -0.2) is 43.7 Å². The van der Waals surface area contributed by atoms with E-state index < -0.39 is 27.9 Å². The fourth-order valence-corrected chi connectivity index (χ4v) is 3.80. The van der Waals surface area contributed by atoms with Crippen molar-refractivity contribution in [2.24, 2.45) is 5.73 Å². The molecule has 0 unspecified atom stereocenters. The lowest BCUT2D eigenvalue weighted by atomic mass is 10.1. The number of amides is 2. The van der Waals surface area contributed by atoms with Gasteiger partial charge < -0.3 is 11.1 Å². The molecule has 1 aromatic rings. The smallest absolute Gasteiger partial charge is 0.243 e. The highest BCUT2D eigenvalue weighted by Crippen LogP contribution is 2.21. The Bertz CT molecular complexity index is 654. The third kappa shape index (κ3) is 3.22. The monoisotopic (exact) mass is 311 g/mol. The Labute approximate surface area is 123 Å². The average molecular weight is 311 g/mol. The van der Waals surface area contributed by atoms with Crippen molar-refractivity contribution in [2.75, 3.05) is 13.1 Å². The quantitative estimate of drug-likeness (QED) is 0.770. The van der Waals surface area contributed by atoms with Crippen LogP contribution in [0.25, 0.3) is 0 Å². The second-order valence-corrected chi connectivity index (χ2v) is 6.80. The number of hydrogen-bond acceptors (Lipinski definition) is 4. The fourth-order valence-electron chi connectivity index (χ4n) is 2.21. The van der Waals surface area contributed by atoms with Crippen molar-refractivity contribution in [1.29, 1.82) is 0 Å². The number of hydrogen-bond donors (Lipinski definition) is 2. The van der Waals surface area contributed by atoms with E-state index in [1.165, 1.54) is 12.1 Å². The van der Waals surface area contributed by atoms with Gasteiger partial charge in [-0.25, -0.2) is 8.42 Å². The van der Waals surface area contributed by atoms with Gasteiger partial charge in [-0.05, 0) is 19.1 Å². The molecule has 21 heavy (non-hydrogen) atoms. The third-order valence-electron chi connectivity index (χ3n) is 3.30. The highest BCUT2D eigenvalue weighted by molar-refractivity contribution is 7.89. The van der Waals surface area contributed by atoms with E-state index in [2.05, 4.69) is 5.32 Å². The van der Waals surface area contributed by atoms with Crippen LogP contribution in [0, 0.1) is 6.92 Å². The number of nitrogens with two attached hydrogens (primary N) is 1. The van der Waals surface area contributed by atoms with Crippen molar-refractivity contribution in [3.05, 3.63) is 29.8 Å². The maximum absolute atomic E-state index is 12.6. The summed E-state index contributed by atoms with van der Waals surface area (Å²) in [5, 5.41) is 2.55. The van der Waals surface area contributed by atoms with Crippen LogP contribution in [0.15, 0.2) is 29.2 Å². The SMILES string of the molecule is Cc1ccc(S(=O)(=O)N2CCNC(=O)[C@H]2CC(N)=O)cc1. The maximum atomic E-state index is 12.6. The molecule has 1 atom stereocenters. The summed E-state index contributed by atoms with van der Waals surface area (Å²) >= 11 is 0. The molecule has 0 aromatic heterocycles. The van der Waals surface area contributed by atoms with E-state index in [1.807, 2.05) is 6.92 Å². The van der Waals surface area contributed by atoms with Gasteiger partial charge in [-0.1, -0.05) is 17.7 Å². The minimum Gasteiger partial charge on any atom is -0.370 e. The molecule has 2 rings (SSSR count). The summed E-state index contributed by atoms with van der Waals surface area (Å²) in [7, 11) is -3.84. The lowest BCUT2D eigenvalue weighted by Gasteiger charge is -2.33. The first-order valence-electron chi connectivity index (χ1n) is 6.47. The van der Waals surface area contributed by atoms with E-state index >= 15 is 0 Å². The average Bonchev–Trinajstić information content (AvgIpc) is 2.41. The molecule has 0 radical (unpaired) electrons. The molecule has 1 saturated heterocycles. The normalized spacial score (nSPS) is 20.0. The van der Waals surface area contributed by atoms with E-state index in [9.17, 15) is 18.0 Å². The number of nitrogens with zero attached hydrogens (tertiary/aromatic N) is 1. The Morgan fingerprint density at radius 2 is 2.00 bits per heavy atom. The number of primary amides is 1. The Hall–Kier alpha value is -1.93. The van der Waals surface area contributed by atoms with Gasteiger partial charge in [-0.2, -0.15) is 4.31 Å². The van der Waals surface area contributed by atoms with Gasteiger partial charge in [0, 0.05) is 13.1 Å². The number of carbonyl (C=O) groups is 2. The summed E-state index contributed by atoms with van der Waals surface area (Å²) in [6.45, 7) is 2.17. The standard InChI is InChI=1S/C13H17N3O4S/c1-9-2-4-10(5-3-9)21(19,20)16-7-6-15-13(18)11(16)8-12(14)17/h2-5,11H,6-8H2,1H3,(H2,14,17)(H,15,18)/t11-/m1/s1. The Kier molecular flexibility index (Phi) is 4.29. The summed E-state index contributed by atoms with van der Waals surface area (Å²) in [5.74, 6) is -1.23. The number of aryl methyl sites for hydroxylation is 1. The van der Waals surface area contributed by atoms with E-state index in [4.69, 9.17) is 5.73 Å². The second-order valence-electron chi connectivity index (χ2n) is 4.91. The van der Waals surface area contributed by atoms with Crippen molar-refractivity contribution in [2.45, 2.75) is 24.3 Å². The summed E-state index contributed by atoms with van der Waals surface area (Å²) in [6, 6.07) is 5.24. The first-order valence-corrected chi connectivity index (χ1v) is 7.91. The highest BCUT2D eigenvalue weighted by atomic mass is 32.2. The van der Waals surface area contributed by atoms with Crippen LogP contribution in [0.2, 0.25) is 0 Å². The summed E-state index contributed by atoms with van der Waals surface area (Å²) in [6.07, 6.45) is -0.336. The topological polar surface area (TPSA) is 110 Å². The van der Waals surface area contributed by atoms with Crippen molar-refractivity contribution in [1.82, 2.24) is 9.62 Å². The number of piperazine rings is 1. The third-order valence-corrected chi connectivity index (χ3v) is 5.23. The highest BCUT2D eigenvalue weighted by Gasteiger charge is 2.39. The molecule has 1 aromatic carbocycles. The van der Waals surface area contributed by atoms with Crippen molar-refractivity contribution < 1.29 is 18.0 Å². The number of rotatable bonds is 4. The first-order chi connectivity index (χ1) is 9.82. The van der Waals surface area contributed by atoms with Crippen molar-refractivity contribution in [3.8, 4) is 0 Å². The molecule has 8 heteroatoms. The minimum atomic E-state index is -3.84. The number of sulfonamides is 1. The number of benzene rings is 1. The van der Waals surface area contributed by atoms with Gasteiger partial charge in [0.15, 0.2) is 0 Å². The maximum Gasteiger partial charge on any atom is 0.243 e. The molecule has 114 valence electrons. The molecule has 3 N–H and O–H groups in total. The van der Waals surface area contributed by atoms with Crippen LogP contribution >= 0.6 is 0 Å². The Morgan fingerprint density at radius 1 is 1.38 bits per heavy atom. The molecular formula is C13H17N3O4S. The van der Waals surface area contributed by atoms with E-state index in [0.29, 0.717) is 0 Å². The lowest BCUT2D eigenvalue weighted by Crippen LogP contribution is -2.58. The van der Waals surface area contributed by atoms with Crippen molar-refractivity contribution in [3.63, 3.8) is 0 Å². The summed E-state index contributed by atoms with van der Waals surface area (Å²) in [4.78, 5) is 23.0. The van der Waals surface area contributed by atoms with Crippen molar-refractivity contribution >= 4 is 21.8 Å². The molecule has 0 saturated carbocycles. The van der Waals surface area contributed by atoms with Gasteiger partial charge in [0.1, 0.15) is 6.04 Å². The predicted octanol–water partition coefficient (Wildman–Crippen LogP) is -0.640. The molecule has 0 aliphatic carbocycles. The van der Waals surface area contributed by atoms with Crippen LogP contribution in [0.4, 0.5) is 0 Å². The van der Waals surface area contributed by atoms with Crippen LogP contribution in [0.3, 0.4) is 0 Å². The summed E-state index contributed by atoms with van der Waals surface area (Å²) in [5.41, 5.74) is 6.04. The number of nitrogens with one attached hydrogen (secondary N) is 1. The van der Waals surface area contributed by atoms with Gasteiger partial charge in [-0.15, -0.1) is 0 Å². The van der Waals surface area contributed by atoms with Crippen LogP contribution < -0.4 is 11.1 Å². The van der Waals surface area contributed by atoms with Crippen LogP contribution in [-0.2, 0) is 19.6 Å². The summed E-state index contributed by atoms with van der Waals surface area (Å²) < 4.78 is 26.3. The van der Waals surface area contributed by atoms with E-state index in [1.54, 1.807) is 12.1 Å². The lowest BCUT2D eigenvalue weighted by molar-refractivity contribution is -0.130. The van der Waals surface area contributed by atoms with Gasteiger partial charge in [-0.3, -0.25) is 9.59 Å². The molecule has 0 bridgehead atoms. The van der Waals surface area contributed by atoms with Gasteiger partial charge in [0.05, 0.1) is 11.3 Å². The molecule has 0 spiro atoms. The largest absolute Gasteiger partial charge is 0.370 e. The molecule has 7 nitrogen and oxygen atoms in total. The first kappa shape index (κ1) is 15.5. The second kappa shape index (κ2) is 5.82. The van der Waals surface area contributed by atoms with Gasteiger partial charge >= 0.3 is 0 Å². The van der Waals surface area contributed by atoms with Gasteiger partial charge in [0.25, 0.3) is 0 Å². The molecule has 1 aliphatic rings. The predicted molar refractivity (Wildman–Crippen MR) is 75.7 cm³/mol. The van der Waals surface area contributed by atoms with Crippen LogP contribution in [0.5, 0.6) is 0 Å². The van der Waals surface area contributed by atoms with Gasteiger partial charge in [0.2, 0.25) is 21.8 Å². The van der Waals surface area contributed by atoms with E-state index in [-0.39, 0.29) is 24.4 Å².